The molecule has 17 heavy (non-hydrogen) atoms. The van der Waals surface area contributed by atoms with Crippen LogP contribution in [-0.2, 0) is 0 Å². The van der Waals surface area contributed by atoms with E-state index in [-0.39, 0.29) is 0 Å². The molecule has 2 rings (SSSR count). The molecular formula is C15H30N2. The van der Waals surface area contributed by atoms with Crippen LogP contribution in [0.5, 0.6) is 0 Å². The molecule has 1 aliphatic carbocycles. The van der Waals surface area contributed by atoms with Gasteiger partial charge in [0, 0.05) is 18.6 Å². The van der Waals surface area contributed by atoms with Crippen molar-refractivity contribution in [1.82, 2.24) is 10.2 Å². The fourth-order valence-electron chi connectivity index (χ4n) is 3.66. The van der Waals surface area contributed by atoms with Gasteiger partial charge in [-0.15, -0.1) is 0 Å². The van der Waals surface area contributed by atoms with Gasteiger partial charge in [0.25, 0.3) is 0 Å². The maximum atomic E-state index is 3.71. The van der Waals surface area contributed by atoms with E-state index in [1.165, 1.54) is 64.6 Å². The third-order valence-corrected chi connectivity index (χ3v) is 4.67. The first-order valence-electron chi connectivity index (χ1n) is 7.78. The number of hydrogen-bond acceptors (Lipinski definition) is 2. The Hall–Kier alpha value is -0.0800. The van der Waals surface area contributed by atoms with Gasteiger partial charge in [-0.25, -0.2) is 0 Å². The minimum Gasteiger partial charge on any atom is -0.313 e. The molecule has 1 heterocycles. The Balaban J connectivity index is 1.83. The van der Waals surface area contributed by atoms with Crippen LogP contribution < -0.4 is 5.32 Å². The summed E-state index contributed by atoms with van der Waals surface area (Å²) in [4.78, 5) is 2.79. The second kappa shape index (κ2) is 6.75. The largest absolute Gasteiger partial charge is 0.313 e. The van der Waals surface area contributed by atoms with Gasteiger partial charge in [-0.05, 0) is 51.1 Å². The average Bonchev–Trinajstić information content (AvgIpc) is 2.37. The summed E-state index contributed by atoms with van der Waals surface area (Å²) in [5, 5.41) is 3.71. The molecule has 0 spiro atoms. The summed E-state index contributed by atoms with van der Waals surface area (Å²) in [5.41, 5.74) is 0. The molecule has 3 unspecified atom stereocenters. The van der Waals surface area contributed by atoms with Gasteiger partial charge in [0.2, 0.25) is 0 Å². The van der Waals surface area contributed by atoms with E-state index in [0.717, 1.165) is 18.0 Å². The minimum atomic E-state index is 0.762. The van der Waals surface area contributed by atoms with Crippen molar-refractivity contribution < 1.29 is 0 Å². The molecule has 2 heteroatoms. The first-order chi connectivity index (χ1) is 8.31. The number of nitrogens with one attached hydrogen (secondary N) is 1. The lowest BCUT2D eigenvalue weighted by atomic mass is 9.84. The molecule has 2 nitrogen and oxygen atoms in total. The SMILES string of the molecule is CCCNC1CCCN(C2CCCCC2C)C1. The highest BCUT2D eigenvalue weighted by molar-refractivity contribution is 4.86. The van der Waals surface area contributed by atoms with Crippen molar-refractivity contribution in [1.29, 1.82) is 0 Å². The second-order valence-corrected chi connectivity index (χ2v) is 6.12. The number of likely N-dealkylation sites (tertiary alicyclic amines) is 1. The summed E-state index contributed by atoms with van der Waals surface area (Å²) in [7, 11) is 0. The lowest BCUT2D eigenvalue weighted by Crippen LogP contribution is -2.52. The number of rotatable bonds is 4. The second-order valence-electron chi connectivity index (χ2n) is 6.12. The Morgan fingerprint density at radius 1 is 1.12 bits per heavy atom. The van der Waals surface area contributed by atoms with Gasteiger partial charge in [-0.3, -0.25) is 4.90 Å². The molecule has 3 atom stereocenters. The number of nitrogens with zero attached hydrogens (tertiary/aromatic N) is 1. The predicted molar refractivity (Wildman–Crippen MR) is 74.3 cm³/mol. The van der Waals surface area contributed by atoms with Crippen LogP contribution in [0.15, 0.2) is 0 Å². The van der Waals surface area contributed by atoms with Crippen molar-refractivity contribution in [2.75, 3.05) is 19.6 Å². The summed E-state index contributed by atoms with van der Waals surface area (Å²) < 4.78 is 0. The van der Waals surface area contributed by atoms with E-state index in [1.54, 1.807) is 0 Å². The van der Waals surface area contributed by atoms with Crippen molar-refractivity contribution in [3.05, 3.63) is 0 Å². The summed E-state index contributed by atoms with van der Waals surface area (Å²) in [5.74, 6) is 0.925. The highest BCUT2D eigenvalue weighted by atomic mass is 15.2. The molecule has 1 saturated carbocycles. The van der Waals surface area contributed by atoms with E-state index in [0.29, 0.717) is 0 Å². The molecule has 1 aliphatic heterocycles. The van der Waals surface area contributed by atoms with Gasteiger partial charge in [-0.1, -0.05) is 26.7 Å². The van der Waals surface area contributed by atoms with Crippen molar-refractivity contribution >= 4 is 0 Å². The number of hydrogen-bond donors (Lipinski definition) is 1. The Kier molecular flexibility index (Phi) is 5.30. The summed E-state index contributed by atoms with van der Waals surface area (Å²) in [6.45, 7) is 8.57. The summed E-state index contributed by atoms with van der Waals surface area (Å²) in [6.07, 6.45) is 9.86. The van der Waals surface area contributed by atoms with Crippen LogP contribution >= 0.6 is 0 Å². The molecule has 0 aromatic carbocycles. The lowest BCUT2D eigenvalue weighted by molar-refractivity contribution is 0.0772. The highest BCUT2D eigenvalue weighted by Gasteiger charge is 2.30. The molecule has 0 bridgehead atoms. The van der Waals surface area contributed by atoms with Crippen LogP contribution in [-0.4, -0.2) is 36.6 Å². The molecule has 2 aliphatic rings. The summed E-state index contributed by atoms with van der Waals surface area (Å²) >= 11 is 0. The van der Waals surface area contributed by atoms with Gasteiger partial charge < -0.3 is 5.32 Å². The van der Waals surface area contributed by atoms with E-state index in [4.69, 9.17) is 0 Å². The molecule has 1 saturated heterocycles. The Bertz CT molecular complexity index is 217. The molecule has 2 fully saturated rings. The Morgan fingerprint density at radius 3 is 2.71 bits per heavy atom. The molecule has 0 amide bonds. The van der Waals surface area contributed by atoms with E-state index in [1.807, 2.05) is 0 Å². The van der Waals surface area contributed by atoms with Crippen LogP contribution in [0.4, 0.5) is 0 Å². The zero-order valence-electron chi connectivity index (χ0n) is 11.8. The fraction of sp³-hybridized carbons (Fsp3) is 1.00. The maximum Gasteiger partial charge on any atom is 0.0195 e. The van der Waals surface area contributed by atoms with Crippen LogP contribution in [0.3, 0.4) is 0 Å². The van der Waals surface area contributed by atoms with Crippen molar-refractivity contribution in [2.24, 2.45) is 5.92 Å². The van der Waals surface area contributed by atoms with Crippen LogP contribution in [0.2, 0.25) is 0 Å². The highest BCUT2D eigenvalue weighted by Crippen LogP contribution is 2.29. The van der Waals surface area contributed by atoms with Crippen molar-refractivity contribution in [3.8, 4) is 0 Å². The third-order valence-electron chi connectivity index (χ3n) is 4.67. The number of piperidine rings is 1. The van der Waals surface area contributed by atoms with Gasteiger partial charge in [0.05, 0.1) is 0 Å². The van der Waals surface area contributed by atoms with Gasteiger partial charge >= 0.3 is 0 Å². The monoisotopic (exact) mass is 238 g/mol. The standard InChI is InChI=1S/C15H30N2/c1-3-10-16-14-8-6-11-17(12-14)15-9-5-4-7-13(15)2/h13-16H,3-12H2,1-2H3. The first-order valence-corrected chi connectivity index (χ1v) is 7.78. The van der Waals surface area contributed by atoms with Crippen LogP contribution in [0, 0.1) is 5.92 Å². The van der Waals surface area contributed by atoms with Crippen LogP contribution in [0.1, 0.15) is 58.8 Å². The minimum absolute atomic E-state index is 0.762. The fourth-order valence-corrected chi connectivity index (χ4v) is 3.66. The molecule has 0 aromatic rings. The van der Waals surface area contributed by atoms with Gasteiger partial charge in [0.15, 0.2) is 0 Å². The zero-order valence-corrected chi connectivity index (χ0v) is 11.8. The van der Waals surface area contributed by atoms with Gasteiger partial charge in [-0.2, -0.15) is 0 Å². The normalized spacial score (nSPS) is 36.0. The molecule has 1 N–H and O–H groups in total. The average molecular weight is 238 g/mol. The smallest absolute Gasteiger partial charge is 0.0195 e. The lowest BCUT2D eigenvalue weighted by Gasteiger charge is -2.43. The molecule has 100 valence electrons. The third kappa shape index (κ3) is 3.69. The predicted octanol–water partition coefficient (Wildman–Crippen LogP) is 3.03. The van der Waals surface area contributed by atoms with Gasteiger partial charge in [0.1, 0.15) is 0 Å². The molecule has 0 aromatic heterocycles. The first kappa shape index (κ1) is 13.4. The van der Waals surface area contributed by atoms with E-state index in [2.05, 4.69) is 24.1 Å². The van der Waals surface area contributed by atoms with E-state index in [9.17, 15) is 0 Å². The van der Waals surface area contributed by atoms with E-state index >= 15 is 0 Å². The Labute approximate surface area is 107 Å². The molecular weight excluding hydrogens is 208 g/mol. The van der Waals surface area contributed by atoms with Crippen molar-refractivity contribution in [2.45, 2.75) is 70.9 Å². The van der Waals surface area contributed by atoms with E-state index < -0.39 is 0 Å². The maximum absolute atomic E-state index is 3.71. The van der Waals surface area contributed by atoms with Crippen molar-refractivity contribution in [3.63, 3.8) is 0 Å². The quantitative estimate of drug-likeness (QED) is 0.810. The van der Waals surface area contributed by atoms with Crippen LogP contribution in [0.25, 0.3) is 0 Å². The Morgan fingerprint density at radius 2 is 1.94 bits per heavy atom. The summed E-state index contributed by atoms with van der Waals surface area (Å²) in [6, 6.07) is 1.65. The molecule has 0 radical (unpaired) electrons. The topological polar surface area (TPSA) is 15.3 Å². The zero-order chi connectivity index (χ0) is 12.1.